The molecule has 1 aliphatic heterocycles. The zero-order valence-corrected chi connectivity index (χ0v) is 7.01. The summed E-state index contributed by atoms with van der Waals surface area (Å²) in [5.74, 6) is 0. The number of hydrogen-bond donors (Lipinski definition) is 1. The molecular weight excluding hydrogens is 162 g/mol. The van der Waals surface area contributed by atoms with Crippen molar-refractivity contribution in [3.8, 4) is 0 Å². The predicted molar refractivity (Wildman–Crippen MR) is 41.3 cm³/mol. The number of aromatic nitrogens is 4. The maximum absolute atomic E-state index is 3.87. The molecule has 1 aromatic rings. The highest BCUT2D eigenvalue weighted by Crippen LogP contribution is 2.21. The third kappa shape index (κ3) is 1.36. The molecule has 60 valence electrons. The van der Waals surface area contributed by atoms with Crippen LogP contribution in [0.15, 0.2) is 5.16 Å². The second kappa shape index (κ2) is 2.78. The van der Waals surface area contributed by atoms with E-state index < -0.39 is 0 Å². The first-order chi connectivity index (χ1) is 5.36. The maximum Gasteiger partial charge on any atom is 0.209 e. The first kappa shape index (κ1) is 7.05. The molecule has 0 aromatic carbocycles. The molecule has 0 bridgehead atoms. The maximum atomic E-state index is 3.87. The Morgan fingerprint density at radius 1 is 1.64 bits per heavy atom. The fourth-order valence-electron chi connectivity index (χ4n) is 0.816. The van der Waals surface area contributed by atoms with Crippen molar-refractivity contribution in [1.29, 1.82) is 0 Å². The summed E-state index contributed by atoms with van der Waals surface area (Å²) in [6.45, 7) is 2.13. The van der Waals surface area contributed by atoms with Crippen molar-refractivity contribution in [3.05, 3.63) is 0 Å². The van der Waals surface area contributed by atoms with Crippen LogP contribution in [-0.4, -0.2) is 38.5 Å². The van der Waals surface area contributed by atoms with Gasteiger partial charge in [0.2, 0.25) is 5.16 Å². The Balaban J connectivity index is 1.99. The molecular formula is C5H9N5S. The van der Waals surface area contributed by atoms with Crippen LogP contribution in [0.4, 0.5) is 0 Å². The molecule has 0 aliphatic carbocycles. The van der Waals surface area contributed by atoms with Crippen LogP contribution in [0, 0.1) is 0 Å². The summed E-state index contributed by atoms with van der Waals surface area (Å²) in [5.41, 5.74) is 0. The van der Waals surface area contributed by atoms with Crippen molar-refractivity contribution in [2.45, 2.75) is 10.4 Å². The summed E-state index contributed by atoms with van der Waals surface area (Å²) in [5, 5.41) is 15.9. The van der Waals surface area contributed by atoms with Gasteiger partial charge >= 0.3 is 0 Å². The van der Waals surface area contributed by atoms with Gasteiger partial charge in [0.1, 0.15) is 0 Å². The van der Waals surface area contributed by atoms with E-state index >= 15 is 0 Å². The van der Waals surface area contributed by atoms with E-state index in [0.29, 0.717) is 5.25 Å². The molecule has 1 aromatic heterocycles. The molecule has 0 radical (unpaired) electrons. The highest BCUT2D eigenvalue weighted by Gasteiger charge is 2.20. The van der Waals surface area contributed by atoms with E-state index in [2.05, 4.69) is 20.8 Å². The lowest BCUT2D eigenvalue weighted by Gasteiger charge is -2.25. The third-order valence-electron chi connectivity index (χ3n) is 1.60. The molecule has 11 heavy (non-hydrogen) atoms. The second-order valence-corrected chi connectivity index (χ2v) is 3.75. The van der Waals surface area contributed by atoms with Gasteiger partial charge in [0.25, 0.3) is 0 Å². The summed E-state index contributed by atoms with van der Waals surface area (Å²) in [6, 6.07) is 0. The number of nitrogens with zero attached hydrogens (tertiary/aromatic N) is 4. The molecule has 0 atom stereocenters. The van der Waals surface area contributed by atoms with Gasteiger partial charge in [-0.15, -0.1) is 5.10 Å². The Bertz CT molecular complexity index is 243. The first-order valence-electron chi connectivity index (χ1n) is 3.46. The molecule has 6 heteroatoms. The van der Waals surface area contributed by atoms with Gasteiger partial charge in [-0.25, -0.2) is 4.68 Å². The minimum Gasteiger partial charge on any atom is -0.314 e. The lowest BCUT2D eigenvalue weighted by atomic mass is 10.3. The van der Waals surface area contributed by atoms with Crippen molar-refractivity contribution in [2.24, 2.45) is 7.05 Å². The number of hydrogen-bond acceptors (Lipinski definition) is 5. The van der Waals surface area contributed by atoms with Crippen molar-refractivity contribution in [2.75, 3.05) is 13.1 Å². The van der Waals surface area contributed by atoms with Gasteiger partial charge < -0.3 is 5.32 Å². The lowest BCUT2D eigenvalue weighted by Crippen LogP contribution is -2.44. The van der Waals surface area contributed by atoms with Gasteiger partial charge in [-0.3, -0.25) is 0 Å². The number of tetrazole rings is 1. The van der Waals surface area contributed by atoms with Gasteiger partial charge in [-0.1, -0.05) is 11.8 Å². The fourth-order valence-corrected chi connectivity index (χ4v) is 1.79. The van der Waals surface area contributed by atoms with Crippen molar-refractivity contribution in [3.63, 3.8) is 0 Å². The van der Waals surface area contributed by atoms with Gasteiger partial charge in [-0.2, -0.15) is 0 Å². The summed E-state index contributed by atoms with van der Waals surface area (Å²) in [7, 11) is 1.86. The summed E-state index contributed by atoms with van der Waals surface area (Å²) >= 11 is 1.73. The van der Waals surface area contributed by atoms with E-state index in [4.69, 9.17) is 0 Å². The molecule has 0 spiro atoms. The molecule has 1 saturated heterocycles. The molecule has 1 N–H and O–H groups in total. The quantitative estimate of drug-likeness (QED) is 0.636. The highest BCUT2D eigenvalue weighted by atomic mass is 32.2. The van der Waals surface area contributed by atoms with Crippen molar-refractivity contribution >= 4 is 11.8 Å². The van der Waals surface area contributed by atoms with Crippen molar-refractivity contribution in [1.82, 2.24) is 25.5 Å². The zero-order chi connectivity index (χ0) is 7.68. The zero-order valence-electron chi connectivity index (χ0n) is 6.19. The molecule has 0 amide bonds. The van der Waals surface area contributed by atoms with Crippen LogP contribution in [0.5, 0.6) is 0 Å². The molecule has 0 saturated carbocycles. The van der Waals surface area contributed by atoms with E-state index in [0.717, 1.165) is 18.2 Å². The van der Waals surface area contributed by atoms with Crippen LogP contribution >= 0.6 is 11.8 Å². The average Bonchev–Trinajstić information content (AvgIpc) is 2.27. The summed E-state index contributed by atoms with van der Waals surface area (Å²) in [6.07, 6.45) is 0. The molecule has 1 fully saturated rings. The van der Waals surface area contributed by atoms with Crippen LogP contribution in [0.1, 0.15) is 0 Å². The van der Waals surface area contributed by atoms with E-state index in [1.54, 1.807) is 16.4 Å². The van der Waals surface area contributed by atoms with Crippen LogP contribution in [0.3, 0.4) is 0 Å². The molecule has 2 heterocycles. The molecule has 5 nitrogen and oxygen atoms in total. The Morgan fingerprint density at radius 2 is 2.45 bits per heavy atom. The second-order valence-electron chi connectivity index (χ2n) is 2.48. The van der Waals surface area contributed by atoms with Gasteiger partial charge in [0.05, 0.1) is 0 Å². The number of thioether (sulfide) groups is 1. The molecule has 2 rings (SSSR count). The predicted octanol–water partition coefficient (Wildman–Crippen LogP) is -0.726. The van der Waals surface area contributed by atoms with E-state index in [9.17, 15) is 0 Å². The fraction of sp³-hybridized carbons (Fsp3) is 0.800. The smallest absolute Gasteiger partial charge is 0.209 e. The Labute approximate surface area is 68.5 Å². The average molecular weight is 171 g/mol. The van der Waals surface area contributed by atoms with Gasteiger partial charge in [-0.05, 0) is 10.4 Å². The molecule has 1 aliphatic rings. The SMILES string of the molecule is Cn1nnnc1SC1CNC1. The van der Waals surface area contributed by atoms with Crippen LogP contribution in [-0.2, 0) is 7.05 Å². The number of aryl methyl sites for hydroxylation is 1. The summed E-state index contributed by atoms with van der Waals surface area (Å²) < 4.78 is 1.70. The number of nitrogens with one attached hydrogen (secondary N) is 1. The van der Waals surface area contributed by atoms with Crippen LogP contribution in [0.2, 0.25) is 0 Å². The molecule has 0 unspecified atom stereocenters. The monoisotopic (exact) mass is 171 g/mol. The lowest BCUT2D eigenvalue weighted by molar-refractivity contribution is 0.540. The third-order valence-corrected chi connectivity index (χ3v) is 2.82. The first-order valence-corrected chi connectivity index (χ1v) is 4.34. The normalized spacial score (nSPS) is 18.3. The van der Waals surface area contributed by atoms with Crippen molar-refractivity contribution < 1.29 is 0 Å². The topological polar surface area (TPSA) is 55.6 Å². The van der Waals surface area contributed by atoms with Gasteiger partial charge in [0.15, 0.2) is 0 Å². The highest BCUT2D eigenvalue weighted by molar-refractivity contribution is 7.99. The Morgan fingerprint density at radius 3 is 2.91 bits per heavy atom. The standard InChI is InChI=1S/C5H9N5S/c1-10-5(7-8-9-10)11-4-2-6-3-4/h4,6H,2-3H2,1H3. The van der Waals surface area contributed by atoms with Crippen LogP contribution in [0.25, 0.3) is 0 Å². The van der Waals surface area contributed by atoms with Crippen LogP contribution < -0.4 is 5.32 Å². The minimum absolute atomic E-state index is 0.652. The van der Waals surface area contributed by atoms with E-state index in [1.807, 2.05) is 7.05 Å². The minimum atomic E-state index is 0.652. The summed E-state index contributed by atoms with van der Waals surface area (Å²) in [4.78, 5) is 0. The van der Waals surface area contributed by atoms with Gasteiger partial charge in [0, 0.05) is 25.4 Å². The Hall–Kier alpha value is -0.620. The van der Waals surface area contributed by atoms with E-state index in [1.165, 1.54) is 0 Å². The largest absolute Gasteiger partial charge is 0.314 e. The number of rotatable bonds is 2. The Kier molecular flexibility index (Phi) is 1.79. The van der Waals surface area contributed by atoms with E-state index in [-0.39, 0.29) is 0 Å².